The Morgan fingerprint density at radius 1 is 1.12 bits per heavy atom. The number of carbonyl (C=O) groups is 3. The molecule has 41 heavy (non-hydrogen) atoms. The molecule has 1 aliphatic heterocycles. The minimum Gasteiger partial charge on any atom is -0.478 e. The van der Waals surface area contributed by atoms with E-state index in [1.807, 2.05) is 13.8 Å². The van der Waals surface area contributed by atoms with E-state index in [1.54, 1.807) is 19.1 Å². The van der Waals surface area contributed by atoms with Crippen molar-refractivity contribution in [3.8, 4) is 11.5 Å². The topological polar surface area (TPSA) is 170 Å². The number of amidine groups is 1. The van der Waals surface area contributed by atoms with Gasteiger partial charge in [-0.25, -0.2) is 14.6 Å². The Balaban J connectivity index is 0.000000228. The van der Waals surface area contributed by atoms with Crippen LogP contribution in [0.5, 0.6) is 11.5 Å². The number of carboxylic acid groups (broad SMARTS) is 1. The van der Waals surface area contributed by atoms with Gasteiger partial charge in [-0.3, -0.25) is 19.9 Å². The van der Waals surface area contributed by atoms with Gasteiger partial charge in [0.2, 0.25) is 0 Å². The van der Waals surface area contributed by atoms with Gasteiger partial charge in [0.05, 0.1) is 22.6 Å². The fourth-order valence-corrected chi connectivity index (χ4v) is 3.96. The summed E-state index contributed by atoms with van der Waals surface area (Å²) < 4.78 is 10.0. The number of benzene rings is 2. The fourth-order valence-electron chi connectivity index (χ4n) is 3.51. The molecule has 0 saturated heterocycles. The van der Waals surface area contributed by atoms with Crippen LogP contribution in [0.15, 0.2) is 59.7 Å². The average Bonchev–Trinajstić information content (AvgIpc) is 3.25. The summed E-state index contributed by atoms with van der Waals surface area (Å²) in [6.07, 6.45) is 1.47. The molecule has 0 radical (unpaired) electrons. The molecule has 2 aromatic carbocycles. The molecule has 1 aromatic heterocycles. The van der Waals surface area contributed by atoms with Crippen molar-refractivity contribution in [3.05, 3.63) is 91.7 Å². The highest BCUT2D eigenvalue weighted by Crippen LogP contribution is 2.33. The molecule has 0 aliphatic carbocycles. The number of nitrogens with one attached hydrogen (secondary N) is 1. The van der Waals surface area contributed by atoms with Crippen LogP contribution in [0.2, 0.25) is 10.0 Å². The number of carbonyl (C=O) groups excluding carboxylic acids is 2. The van der Waals surface area contributed by atoms with E-state index in [1.165, 1.54) is 36.5 Å². The number of ether oxygens (including phenoxy) is 2. The van der Waals surface area contributed by atoms with Gasteiger partial charge in [-0.05, 0) is 49.2 Å². The molecule has 12 nitrogen and oxygen atoms in total. The van der Waals surface area contributed by atoms with Gasteiger partial charge in [0.1, 0.15) is 28.3 Å². The molecular formula is C27H24Cl2N4O8. The molecule has 4 rings (SSSR count). The van der Waals surface area contributed by atoms with Gasteiger partial charge in [-0.2, -0.15) is 0 Å². The summed E-state index contributed by atoms with van der Waals surface area (Å²) >= 11 is 11.8. The molecule has 1 unspecified atom stereocenters. The molecule has 3 aromatic rings. The number of nitrogens with zero attached hydrogens (tertiary/aromatic N) is 3. The van der Waals surface area contributed by atoms with Crippen LogP contribution in [0, 0.1) is 16.0 Å². The van der Waals surface area contributed by atoms with Gasteiger partial charge in [0.25, 0.3) is 11.6 Å². The molecule has 0 spiro atoms. The first-order chi connectivity index (χ1) is 19.3. The highest BCUT2D eigenvalue weighted by Gasteiger charge is 2.43. The number of carboxylic acids is 1. The summed E-state index contributed by atoms with van der Waals surface area (Å²) in [5, 5.41) is 23.4. The normalized spacial score (nSPS) is 15.8. The Morgan fingerprint density at radius 3 is 2.39 bits per heavy atom. The van der Waals surface area contributed by atoms with Gasteiger partial charge in [-0.1, -0.05) is 37.0 Å². The highest BCUT2D eigenvalue weighted by atomic mass is 35.5. The van der Waals surface area contributed by atoms with Crippen LogP contribution < -0.4 is 10.1 Å². The van der Waals surface area contributed by atoms with E-state index in [9.17, 15) is 24.5 Å². The number of halogens is 2. The second-order valence-corrected chi connectivity index (χ2v) is 9.87. The smallest absolute Gasteiger partial charge is 0.345 e. The summed E-state index contributed by atoms with van der Waals surface area (Å²) in [4.78, 5) is 53.4. The van der Waals surface area contributed by atoms with Gasteiger partial charge >= 0.3 is 11.9 Å². The average molecular weight is 603 g/mol. The fraction of sp³-hybridized carbons (Fsp3) is 0.222. The number of aliphatic imine (C=N–C) groups is 1. The SMILES string of the molecule is CC(C)C1(C)N=C(c2ncccc2C(=O)O)NC1=O.COC(=O)c1cc(Oc2ccc(Cl)cc2Cl)ccc1[N+](=O)[O-]. The third kappa shape index (κ3) is 6.97. The number of aromatic nitrogens is 1. The van der Waals surface area contributed by atoms with Crippen molar-refractivity contribution in [2.24, 2.45) is 10.9 Å². The Hall–Kier alpha value is -4.55. The van der Waals surface area contributed by atoms with E-state index in [0.29, 0.717) is 10.8 Å². The van der Waals surface area contributed by atoms with Crippen molar-refractivity contribution in [2.75, 3.05) is 7.11 Å². The van der Waals surface area contributed by atoms with Gasteiger partial charge in [0.15, 0.2) is 5.84 Å². The summed E-state index contributed by atoms with van der Waals surface area (Å²) in [5.41, 5.74) is -1.26. The number of hydrogen-bond acceptors (Lipinski definition) is 9. The van der Waals surface area contributed by atoms with E-state index in [4.69, 9.17) is 33.0 Å². The number of esters is 1. The second-order valence-electron chi connectivity index (χ2n) is 9.03. The van der Waals surface area contributed by atoms with Crippen LogP contribution in [0.3, 0.4) is 0 Å². The van der Waals surface area contributed by atoms with Crippen LogP contribution in [0.4, 0.5) is 5.69 Å². The zero-order valence-corrected chi connectivity index (χ0v) is 23.7. The zero-order valence-electron chi connectivity index (χ0n) is 22.2. The molecule has 2 N–H and O–H groups in total. The number of pyridine rings is 1. The predicted molar refractivity (Wildman–Crippen MR) is 150 cm³/mol. The monoisotopic (exact) mass is 602 g/mol. The quantitative estimate of drug-likeness (QED) is 0.200. The summed E-state index contributed by atoms with van der Waals surface area (Å²) in [6.45, 7) is 5.51. The molecule has 0 saturated carbocycles. The summed E-state index contributed by atoms with van der Waals surface area (Å²) in [6, 6.07) is 11.3. The lowest BCUT2D eigenvalue weighted by Crippen LogP contribution is -2.41. The number of amides is 1. The van der Waals surface area contributed by atoms with E-state index in [0.717, 1.165) is 13.2 Å². The van der Waals surface area contributed by atoms with Gasteiger partial charge in [0, 0.05) is 23.4 Å². The van der Waals surface area contributed by atoms with Crippen molar-refractivity contribution in [2.45, 2.75) is 26.3 Å². The van der Waals surface area contributed by atoms with E-state index in [-0.39, 0.29) is 50.9 Å². The first-order valence-electron chi connectivity index (χ1n) is 11.9. The van der Waals surface area contributed by atoms with Crippen molar-refractivity contribution in [1.82, 2.24) is 10.3 Å². The molecule has 0 fully saturated rings. The molecule has 1 atom stereocenters. The number of nitro groups is 1. The number of hydrogen-bond donors (Lipinski definition) is 2. The van der Waals surface area contributed by atoms with E-state index < -0.39 is 22.4 Å². The largest absolute Gasteiger partial charge is 0.478 e. The summed E-state index contributed by atoms with van der Waals surface area (Å²) in [5.74, 6) is -1.44. The van der Waals surface area contributed by atoms with Crippen molar-refractivity contribution >= 4 is 52.6 Å². The van der Waals surface area contributed by atoms with Crippen molar-refractivity contribution in [1.29, 1.82) is 0 Å². The lowest BCUT2D eigenvalue weighted by atomic mass is 9.89. The molecule has 1 aliphatic rings. The first-order valence-corrected chi connectivity index (χ1v) is 12.6. The summed E-state index contributed by atoms with van der Waals surface area (Å²) in [7, 11) is 1.13. The predicted octanol–water partition coefficient (Wildman–Crippen LogP) is 5.55. The van der Waals surface area contributed by atoms with E-state index in [2.05, 4.69) is 20.0 Å². The zero-order chi connectivity index (χ0) is 30.5. The van der Waals surface area contributed by atoms with Gasteiger partial charge < -0.3 is 19.9 Å². The Morgan fingerprint density at radius 2 is 1.83 bits per heavy atom. The van der Waals surface area contributed by atoms with E-state index >= 15 is 0 Å². The first kappa shape index (κ1) is 31.0. The number of nitro benzene ring substituents is 1. The Labute approximate surface area is 244 Å². The lowest BCUT2D eigenvalue weighted by molar-refractivity contribution is -0.385. The maximum Gasteiger partial charge on any atom is 0.345 e. The maximum atomic E-state index is 12.0. The van der Waals surface area contributed by atoms with Crippen LogP contribution in [0.1, 0.15) is 47.2 Å². The Bertz CT molecular complexity index is 1560. The van der Waals surface area contributed by atoms with Crippen LogP contribution in [-0.4, -0.2) is 51.3 Å². The highest BCUT2D eigenvalue weighted by molar-refractivity contribution is 6.35. The molecule has 1 amide bonds. The van der Waals surface area contributed by atoms with Crippen LogP contribution >= 0.6 is 23.2 Å². The standard InChI is InChI=1S/C14H9Cl2NO5.C13H15N3O3/c1-21-14(18)10-7-9(3-4-12(10)17(19)20)22-13-5-2-8(15)6-11(13)16;1-7(2)13(3)12(19)15-10(16-13)9-8(11(17)18)5-4-6-14-9/h2-7H,1H3;4-7H,1-3H3,(H,17,18)(H,15,16,19). The van der Waals surface area contributed by atoms with Crippen LogP contribution in [0.25, 0.3) is 0 Å². The minimum absolute atomic E-state index is 0.00184. The molecular weight excluding hydrogens is 579 g/mol. The molecule has 0 bridgehead atoms. The second kappa shape index (κ2) is 12.7. The van der Waals surface area contributed by atoms with Crippen molar-refractivity contribution < 1.29 is 33.9 Å². The number of aromatic carboxylic acids is 1. The minimum atomic E-state index is -1.10. The Kier molecular flexibility index (Phi) is 9.63. The molecule has 14 heteroatoms. The number of methoxy groups -OCH3 is 1. The van der Waals surface area contributed by atoms with Gasteiger partial charge in [-0.15, -0.1) is 0 Å². The van der Waals surface area contributed by atoms with Crippen LogP contribution in [-0.2, 0) is 9.53 Å². The number of rotatable bonds is 7. The molecule has 2 heterocycles. The third-order valence-electron chi connectivity index (χ3n) is 6.11. The maximum absolute atomic E-state index is 12.0. The third-order valence-corrected chi connectivity index (χ3v) is 6.64. The molecule has 214 valence electrons. The lowest BCUT2D eigenvalue weighted by Gasteiger charge is -2.21. The van der Waals surface area contributed by atoms with Crippen molar-refractivity contribution in [3.63, 3.8) is 0 Å².